The van der Waals surface area contributed by atoms with Gasteiger partial charge in [-0.15, -0.1) is 0 Å². The van der Waals surface area contributed by atoms with Crippen LogP contribution in [0.1, 0.15) is 6.42 Å². The van der Waals surface area contributed by atoms with Crippen LogP contribution in [0.15, 0.2) is 0 Å². The minimum absolute atomic E-state index is 0.00473. The summed E-state index contributed by atoms with van der Waals surface area (Å²) in [5.41, 5.74) is 12.4. The quantitative estimate of drug-likeness (QED) is 0.158. The molecule has 1 aliphatic carbocycles. The second-order valence-corrected chi connectivity index (χ2v) is 9.79. The molecule has 17 nitrogen and oxygen atoms in total. The average molecular weight is 536 g/mol. The number of hydrogen-bond acceptors (Lipinski definition) is 15. The highest BCUT2D eigenvalue weighted by molar-refractivity contribution is 5.70. The van der Waals surface area contributed by atoms with Gasteiger partial charge < -0.3 is 76.1 Å². The molecular weight excluding hydrogens is 504 g/mol. The average Bonchev–Trinajstić information content (AvgIpc) is 3.26. The predicted molar refractivity (Wildman–Crippen MR) is 114 cm³/mol. The van der Waals surface area contributed by atoms with Gasteiger partial charge in [-0.25, -0.2) is 9.59 Å². The predicted octanol–water partition coefficient (Wildman–Crippen LogP) is -5.71. The first-order chi connectivity index (χ1) is 17.6. The van der Waals surface area contributed by atoms with Crippen LogP contribution in [-0.4, -0.2) is 143 Å². The Balaban J connectivity index is 1.29. The van der Waals surface area contributed by atoms with Crippen LogP contribution in [0.5, 0.6) is 0 Å². The maximum Gasteiger partial charge on any atom is 0.408 e. The van der Waals surface area contributed by atoms with Crippen molar-refractivity contribution in [1.82, 2.24) is 10.6 Å². The van der Waals surface area contributed by atoms with Crippen LogP contribution < -0.4 is 22.1 Å². The number of amides is 2. The number of nitrogens with one attached hydrogen (secondary N) is 2. The molecule has 0 spiro atoms. The van der Waals surface area contributed by atoms with Crippen molar-refractivity contribution >= 4 is 12.2 Å². The summed E-state index contributed by atoms with van der Waals surface area (Å²) in [5, 5.41) is 56.9. The number of fused-ring (bicyclic) bond motifs is 2. The molecule has 0 aromatic rings. The first-order valence-corrected chi connectivity index (χ1v) is 12.0. The van der Waals surface area contributed by atoms with Crippen molar-refractivity contribution in [1.29, 1.82) is 0 Å². The number of carbonyl (C=O) groups is 2. The zero-order valence-electron chi connectivity index (χ0n) is 19.4. The van der Waals surface area contributed by atoms with E-state index in [2.05, 4.69) is 10.6 Å². The largest absolute Gasteiger partial charge is 0.441 e. The van der Waals surface area contributed by atoms with E-state index in [-0.39, 0.29) is 13.0 Å². The Labute approximate surface area is 209 Å². The zero-order chi connectivity index (χ0) is 26.6. The number of ether oxygens (including phenoxy) is 6. The van der Waals surface area contributed by atoms with Crippen LogP contribution in [0.2, 0.25) is 0 Å². The molecule has 1 saturated carbocycles. The Hall–Kier alpha value is -1.90. The van der Waals surface area contributed by atoms with Gasteiger partial charge in [-0.05, 0) is 6.42 Å². The number of aliphatic hydroxyl groups excluding tert-OH is 5. The van der Waals surface area contributed by atoms with Gasteiger partial charge in [0.05, 0.1) is 13.2 Å². The van der Waals surface area contributed by atoms with Gasteiger partial charge in [0, 0.05) is 12.1 Å². The molecule has 15 atom stereocenters. The summed E-state index contributed by atoms with van der Waals surface area (Å²) in [4.78, 5) is 23.3. The number of rotatable bonds is 5. The fourth-order valence-corrected chi connectivity index (χ4v) is 5.40. The molecule has 5 rings (SSSR count). The van der Waals surface area contributed by atoms with Crippen molar-refractivity contribution in [3.63, 3.8) is 0 Å². The molecule has 4 saturated heterocycles. The molecule has 0 aromatic heterocycles. The summed E-state index contributed by atoms with van der Waals surface area (Å²) < 4.78 is 33.2. The molecule has 17 heteroatoms. The Morgan fingerprint density at radius 1 is 0.838 bits per heavy atom. The number of nitrogens with two attached hydrogens (primary N) is 2. The molecule has 11 N–H and O–H groups in total. The highest BCUT2D eigenvalue weighted by Crippen LogP contribution is 2.34. The van der Waals surface area contributed by atoms with E-state index in [9.17, 15) is 35.1 Å². The van der Waals surface area contributed by atoms with Crippen LogP contribution >= 0.6 is 0 Å². The van der Waals surface area contributed by atoms with E-state index in [0.29, 0.717) is 0 Å². The minimum atomic E-state index is -1.64. The van der Waals surface area contributed by atoms with Crippen LogP contribution in [0.25, 0.3) is 0 Å². The molecule has 210 valence electrons. The lowest BCUT2D eigenvalue weighted by Crippen LogP contribution is -2.69. The van der Waals surface area contributed by atoms with E-state index in [1.54, 1.807) is 0 Å². The van der Waals surface area contributed by atoms with Gasteiger partial charge in [0.15, 0.2) is 24.8 Å². The highest BCUT2D eigenvalue weighted by Gasteiger charge is 2.56. The van der Waals surface area contributed by atoms with E-state index in [1.807, 2.05) is 0 Å². The first kappa shape index (κ1) is 26.7. The third-order valence-corrected chi connectivity index (χ3v) is 7.36. The Morgan fingerprint density at radius 3 is 2.16 bits per heavy atom. The molecule has 0 radical (unpaired) electrons. The summed E-state index contributed by atoms with van der Waals surface area (Å²) in [6.45, 7) is -0.587. The number of aliphatic hydroxyl groups is 5. The topological polar surface area (TPSA) is 267 Å². The molecule has 4 heterocycles. The fourth-order valence-electron chi connectivity index (χ4n) is 5.40. The van der Waals surface area contributed by atoms with Crippen molar-refractivity contribution in [2.75, 3.05) is 13.2 Å². The second kappa shape index (κ2) is 10.3. The van der Waals surface area contributed by atoms with Crippen molar-refractivity contribution < 1.29 is 63.5 Å². The van der Waals surface area contributed by atoms with E-state index in [0.717, 1.165) is 0 Å². The maximum atomic E-state index is 11.8. The highest BCUT2D eigenvalue weighted by atomic mass is 16.7. The smallest absolute Gasteiger partial charge is 0.408 e. The molecule has 0 aromatic carbocycles. The van der Waals surface area contributed by atoms with E-state index < -0.39 is 111 Å². The number of hydrogen-bond donors (Lipinski definition) is 9. The lowest BCUT2D eigenvalue weighted by molar-refractivity contribution is -0.332. The third kappa shape index (κ3) is 4.85. The van der Waals surface area contributed by atoms with Gasteiger partial charge in [0.1, 0.15) is 54.9 Å². The van der Waals surface area contributed by atoms with Crippen molar-refractivity contribution in [3.8, 4) is 0 Å². The second-order valence-electron chi connectivity index (χ2n) is 9.79. The Morgan fingerprint density at radius 2 is 1.49 bits per heavy atom. The summed E-state index contributed by atoms with van der Waals surface area (Å²) in [5.74, 6) is 0. The fraction of sp³-hybridized carbons (Fsp3) is 0.900. The van der Waals surface area contributed by atoms with Gasteiger partial charge in [-0.3, -0.25) is 0 Å². The molecule has 0 bridgehead atoms. The van der Waals surface area contributed by atoms with E-state index >= 15 is 0 Å². The number of alkyl carbamates (subject to hydrolysis) is 2. The summed E-state index contributed by atoms with van der Waals surface area (Å²) in [6.07, 6.45) is -16.7. The van der Waals surface area contributed by atoms with Gasteiger partial charge in [-0.2, -0.15) is 0 Å². The van der Waals surface area contributed by atoms with Gasteiger partial charge >= 0.3 is 12.2 Å². The molecular formula is C20H32N4O13. The molecule has 4 aliphatic heterocycles. The van der Waals surface area contributed by atoms with Crippen LogP contribution in [0.3, 0.4) is 0 Å². The minimum Gasteiger partial charge on any atom is -0.441 e. The summed E-state index contributed by atoms with van der Waals surface area (Å²) in [6, 6.07) is -2.60. The van der Waals surface area contributed by atoms with Crippen molar-refractivity contribution in [2.45, 2.75) is 98.2 Å². The summed E-state index contributed by atoms with van der Waals surface area (Å²) >= 11 is 0. The van der Waals surface area contributed by atoms with Crippen LogP contribution in [0, 0.1) is 0 Å². The first-order valence-electron chi connectivity index (χ1n) is 12.0. The molecule has 2 amide bonds. The number of carbonyl (C=O) groups excluding carboxylic acids is 2. The molecule has 5 aliphatic rings. The van der Waals surface area contributed by atoms with Crippen LogP contribution in [0.4, 0.5) is 9.59 Å². The van der Waals surface area contributed by atoms with Gasteiger partial charge in [-0.1, -0.05) is 0 Å². The lowest BCUT2D eigenvalue weighted by atomic mass is 9.84. The van der Waals surface area contributed by atoms with Crippen molar-refractivity contribution in [2.24, 2.45) is 11.5 Å². The standard InChI is InChI=1S/C20H32N4O13/c21-4-1-5(22)14(35-18-16-8(24-20(31)37-16)9(26)7(3-25)33-18)12(29)13(4)34-17-11(28)10(27)15-6(32-17)2-23-19(30)36-15/h4-18,25-29H,1-3,21-22H2,(H,23,30)(H,24,31)/t4-,5+,6+,7+,8-,9+,10+,11+,12-,13+,14-,15+,16+,17+,18+/m0/s1. The Kier molecular flexibility index (Phi) is 7.46. The monoisotopic (exact) mass is 536 g/mol. The molecule has 0 unspecified atom stereocenters. The third-order valence-electron chi connectivity index (χ3n) is 7.36. The van der Waals surface area contributed by atoms with Gasteiger partial charge in [0.25, 0.3) is 0 Å². The zero-order valence-corrected chi connectivity index (χ0v) is 19.4. The van der Waals surface area contributed by atoms with Crippen molar-refractivity contribution in [3.05, 3.63) is 0 Å². The van der Waals surface area contributed by atoms with E-state index in [4.69, 9.17) is 39.9 Å². The normalized spacial score (nSPS) is 51.7. The Bertz CT molecular complexity index is 868. The van der Waals surface area contributed by atoms with Gasteiger partial charge in [0.2, 0.25) is 0 Å². The molecule has 5 fully saturated rings. The van der Waals surface area contributed by atoms with Crippen LogP contribution in [-0.2, 0) is 28.4 Å². The maximum absolute atomic E-state index is 11.8. The molecule has 37 heavy (non-hydrogen) atoms. The lowest BCUT2D eigenvalue weighted by Gasteiger charge is -2.48. The van der Waals surface area contributed by atoms with E-state index in [1.165, 1.54) is 0 Å². The summed E-state index contributed by atoms with van der Waals surface area (Å²) in [7, 11) is 0. The SMILES string of the molecule is N[C@@H]1C[C@H](N)[C@@H](O[C@H]2O[C@@H]3CNC(=O)O[C@H]3[C@H](O)[C@H]2O)[C@H](O)[C@H]1O[C@H]1O[C@H](CO)[C@@H](O)[C@@H]2NC(=O)O[C@@H]12.